The normalized spacial score (nSPS) is 31.9. The lowest BCUT2D eigenvalue weighted by Crippen LogP contribution is -2.63. The lowest BCUT2D eigenvalue weighted by molar-refractivity contribution is -0.213. The van der Waals surface area contributed by atoms with E-state index in [0.717, 1.165) is 29.6 Å². The maximum atomic E-state index is 2.80. The summed E-state index contributed by atoms with van der Waals surface area (Å²) in [5.41, 5.74) is 13.5. The number of hydrogen-bond acceptors (Lipinski definition) is 0. The maximum Gasteiger partial charge on any atom is -0.0156 e. The van der Waals surface area contributed by atoms with Crippen molar-refractivity contribution in [2.75, 3.05) is 0 Å². The van der Waals surface area contributed by atoms with E-state index < -0.39 is 0 Å². The summed E-state index contributed by atoms with van der Waals surface area (Å²) < 4.78 is 0. The number of fused-ring (bicyclic) bond motifs is 5. The molecule has 5 aromatic rings. The van der Waals surface area contributed by atoms with Crippen LogP contribution >= 0.6 is 0 Å². The third-order valence-electron chi connectivity index (χ3n) is 18.4. The summed E-state index contributed by atoms with van der Waals surface area (Å²) in [4.78, 5) is 0. The molecular weight excluding hydrogens is 709 g/mol. The lowest BCUT2D eigenvalue weighted by Gasteiger charge is -2.71. The van der Waals surface area contributed by atoms with Gasteiger partial charge in [0.2, 0.25) is 0 Å². The van der Waals surface area contributed by atoms with Crippen LogP contribution in [0.4, 0.5) is 0 Å². The van der Waals surface area contributed by atoms with E-state index in [0.29, 0.717) is 27.6 Å². The summed E-state index contributed by atoms with van der Waals surface area (Å²) in [7, 11) is 0. The van der Waals surface area contributed by atoms with Crippen molar-refractivity contribution >= 4 is 0 Å². The van der Waals surface area contributed by atoms with E-state index in [1.807, 2.05) is 0 Å². The smallest absolute Gasteiger partial charge is 0.0156 e. The fourth-order valence-electron chi connectivity index (χ4n) is 14.6. The largest absolute Gasteiger partial charge is 0.0628 e. The molecule has 4 aliphatic carbocycles. The van der Waals surface area contributed by atoms with E-state index >= 15 is 0 Å². The molecule has 0 spiro atoms. The molecule has 9 atom stereocenters. The zero-order chi connectivity index (χ0) is 41.0. The van der Waals surface area contributed by atoms with Gasteiger partial charge in [0.15, 0.2) is 0 Å². The number of benzene rings is 5. The molecule has 59 heavy (non-hydrogen) atoms. The Morgan fingerprint density at radius 3 is 1.68 bits per heavy atom. The van der Waals surface area contributed by atoms with Crippen molar-refractivity contribution in [1.29, 1.82) is 0 Å². The van der Waals surface area contributed by atoms with Gasteiger partial charge in [-0.05, 0) is 189 Å². The predicted molar refractivity (Wildman–Crippen MR) is 253 cm³/mol. The van der Waals surface area contributed by atoms with Gasteiger partial charge in [0.1, 0.15) is 0 Å². The highest BCUT2D eigenvalue weighted by Gasteiger charge is 2.68. The molecule has 0 amide bonds. The van der Waals surface area contributed by atoms with E-state index in [9.17, 15) is 0 Å². The first-order chi connectivity index (χ1) is 28.4. The Morgan fingerprint density at radius 2 is 1.05 bits per heavy atom. The second-order valence-electron chi connectivity index (χ2n) is 21.7. The van der Waals surface area contributed by atoms with Crippen LogP contribution in [0.3, 0.4) is 0 Å². The monoisotopic (exact) mass is 781 g/mol. The second kappa shape index (κ2) is 15.9. The van der Waals surface area contributed by atoms with Crippen LogP contribution in [0.2, 0.25) is 0 Å². The zero-order valence-corrected chi connectivity index (χ0v) is 37.6. The fourth-order valence-corrected chi connectivity index (χ4v) is 14.6. The second-order valence-corrected chi connectivity index (χ2v) is 21.7. The summed E-state index contributed by atoms with van der Waals surface area (Å²) in [5, 5.41) is 0. The molecule has 0 radical (unpaired) electrons. The van der Waals surface area contributed by atoms with Crippen molar-refractivity contribution in [1.82, 2.24) is 0 Å². The Bertz CT molecular complexity index is 2150. The van der Waals surface area contributed by atoms with Gasteiger partial charge in [-0.15, -0.1) is 0 Å². The van der Waals surface area contributed by atoms with Crippen molar-refractivity contribution in [2.24, 2.45) is 51.2 Å². The summed E-state index contributed by atoms with van der Waals surface area (Å²) in [6.45, 7) is 18.5. The third kappa shape index (κ3) is 7.17. The van der Waals surface area contributed by atoms with E-state index in [-0.39, 0.29) is 0 Å². The topological polar surface area (TPSA) is 0 Å². The van der Waals surface area contributed by atoms with Crippen LogP contribution < -0.4 is 0 Å². The molecule has 4 aliphatic rings. The van der Waals surface area contributed by atoms with Crippen molar-refractivity contribution in [3.8, 4) is 44.5 Å². The molecule has 9 rings (SSSR count). The molecule has 4 saturated carbocycles. The first-order valence-electron chi connectivity index (χ1n) is 23.9. The molecule has 5 aromatic carbocycles. The van der Waals surface area contributed by atoms with Gasteiger partial charge in [-0.2, -0.15) is 0 Å². The van der Waals surface area contributed by atoms with Gasteiger partial charge >= 0.3 is 0 Å². The van der Waals surface area contributed by atoms with Crippen molar-refractivity contribution < 1.29 is 0 Å². The Kier molecular flexibility index (Phi) is 10.9. The molecule has 0 saturated heterocycles. The van der Waals surface area contributed by atoms with Gasteiger partial charge in [0, 0.05) is 0 Å². The minimum atomic E-state index is 0.400. The third-order valence-corrected chi connectivity index (χ3v) is 18.4. The van der Waals surface area contributed by atoms with Crippen LogP contribution in [0.1, 0.15) is 137 Å². The highest BCUT2D eigenvalue weighted by molar-refractivity contribution is 5.82. The molecule has 0 heteroatoms. The SMILES string of the molecule is CC(C)CCC[C@@H](C)[C@H]1CC[C@H]2[C@@H]3CC[C@@]4(C)CC(c5ccc(-c6cccc(-c7cc(-c8ccccc8)cc(-c8ccccc8)c7)c6)cc5)CC[C@]4(C)[C@@]3(C)CC[C@]12C. The molecule has 0 heterocycles. The van der Waals surface area contributed by atoms with E-state index in [4.69, 9.17) is 0 Å². The molecule has 0 aromatic heterocycles. The van der Waals surface area contributed by atoms with Gasteiger partial charge in [0.25, 0.3) is 0 Å². The molecule has 0 aliphatic heterocycles. The quantitative estimate of drug-likeness (QED) is 0.132. The average molecular weight is 781 g/mol. The fraction of sp³-hybridized carbons (Fsp3) is 0.492. The van der Waals surface area contributed by atoms with Crippen LogP contribution in [0.25, 0.3) is 44.5 Å². The first-order valence-corrected chi connectivity index (χ1v) is 23.9. The van der Waals surface area contributed by atoms with Crippen LogP contribution in [-0.4, -0.2) is 0 Å². The van der Waals surface area contributed by atoms with Crippen molar-refractivity contribution in [3.05, 3.63) is 133 Å². The standard InChI is InChI=1S/C59H72/c1-41(2)16-14-17-42(3)53-28-29-54-55-31-32-56(4)40-49(30-33-59(56,7)58(55,6)35-34-57(53,54)5)46-26-24-45(25-27-46)47-22-15-23-48(36-47)52-38-50(43-18-10-8-11-19-43)37-51(39-52)44-20-12-9-13-21-44/h8-13,15,18-27,36-39,41-42,49,53-55H,14,16-17,28-35,40H2,1-7H3/t42-,49?,53-,54+,55+,56+,57-,58+,59+/m1/s1. The molecule has 1 unspecified atom stereocenters. The predicted octanol–water partition coefficient (Wildman–Crippen LogP) is 17.3. The van der Waals surface area contributed by atoms with Gasteiger partial charge in [0.05, 0.1) is 0 Å². The van der Waals surface area contributed by atoms with Gasteiger partial charge < -0.3 is 0 Å². The van der Waals surface area contributed by atoms with Crippen LogP contribution in [0.15, 0.2) is 127 Å². The Hall–Kier alpha value is -3.90. The van der Waals surface area contributed by atoms with Gasteiger partial charge in [-0.25, -0.2) is 0 Å². The minimum absolute atomic E-state index is 0.400. The molecule has 0 N–H and O–H groups in total. The molecule has 0 nitrogen and oxygen atoms in total. The molecule has 4 fully saturated rings. The summed E-state index contributed by atoms with van der Waals surface area (Å²) in [6, 6.07) is 47.7. The Balaban J connectivity index is 0.919. The van der Waals surface area contributed by atoms with Crippen LogP contribution in [-0.2, 0) is 0 Å². The Labute approximate surface area is 358 Å². The van der Waals surface area contributed by atoms with Gasteiger partial charge in [-0.1, -0.05) is 171 Å². The minimum Gasteiger partial charge on any atom is -0.0628 e. The molecule has 0 bridgehead atoms. The highest BCUT2D eigenvalue weighted by Crippen LogP contribution is 2.76. The summed E-state index contributed by atoms with van der Waals surface area (Å²) in [5.74, 6) is 5.15. The van der Waals surface area contributed by atoms with Crippen molar-refractivity contribution in [2.45, 2.75) is 131 Å². The van der Waals surface area contributed by atoms with E-state index in [1.165, 1.54) is 122 Å². The maximum absolute atomic E-state index is 2.80. The first kappa shape index (κ1) is 40.5. The highest BCUT2D eigenvalue weighted by atomic mass is 14.7. The van der Waals surface area contributed by atoms with E-state index in [1.54, 1.807) is 5.56 Å². The Morgan fingerprint density at radius 1 is 0.492 bits per heavy atom. The van der Waals surface area contributed by atoms with Gasteiger partial charge in [-0.3, -0.25) is 0 Å². The summed E-state index contributed by atoms with van der Waals surface area (Å²) in [6.07, 6.45) is 17.1. The number of rotatable bonds is 10. The zero-order valence-electron chi connectivity index (χ0n) is 37.6. The van der Waals surface area contributed by atoms with Crippen LogP contribution in [0, 0.1) is 51.2 Å². The molecular formula is C59H72. The number of hydrogen-bond donors (Lipinski definition) is 0. The van der Waals surface area contributed by atoms with Crippen LogP contribution in [0.5, 0.6) is 0 Å². The lowest BCUT2D eigenvalue weighted by atomic mass is 9.34. The molecule has 308 valence electrons. The van der Waals surface area contributed by atoms with Crippen molar-refractivity contribution in [3.63, 3.8) is 0 Å². The average Bonchev–Trinajstić information content (AvgIpc) is 3.61. The summed E-state index contributed by atoms with van der Waals surface area (Å²) >= 11 is 0. The van der Waals surface area contributed by atoms with E-state index in [2.05, 4.69) is 176 Å².